The van der Waals surface area contributed by atoms with Gasteiger partial charge < -0.3 is 20.3 Å². The number of amides is 1. The monoisotopic (exact) mass is 1070 g/mol. The van der Waals surface area contributed by atoms with Gasteiger partial charge in [0.1, 0.15) is 0 Å². The van der Waals surface area contributed by atoms with Crippen molar-refractivity contribution >= 4 is 11.9 Å². The number of ether oxygens (including phenoxy) is 1. The standard InChI is InChI=1S/C70H133NO5/c1-3-5-7-9-11-13-15-16-17-33-36-39-43-46-50-54-58-62-68(73)67(66-72)71-69(74)63-59-55-51-47-44-40-37-34-31-29-27-25-23-21-19-18-20-22-24-26-28-30-32-35-38-41-45-49-53-57-61-65-76-70(75)64-60-56-52-48-42-14-12-10-8-6-4-2/h10,12,20,22,26,28,67-68,72-73H,3-9,11,13-19,21,23-25,27,29-66H2,1-2H3,(H,71,74)/b12-10-,22-20-,28-26-. The molecule has 6 nitrogen and oxygen atoms in total. The molecule has 0 heterocycles. The molecule has 0 aromatic carbocycles. The fourth-order valence-electron chi connectivity index (χ4n) is 10.7. The van der Waals surface area contributed by atoms with Gasteiger partial charge in [-0.1, -0.05) is 320 Å². The Morgan fingerprint density at radius 2 is 0.671 bits per heavy atom. The van der Waals surface area contributed by atoms with Crippen LogP contribution in [0.4, 0.5) is 0 Å². The predicted octanol–water partition coefficient (Wildman–Crippen LogP) is 21.9. The number of allylic oxidation sites excluding steroid dienone is 6. The van der Waals surface area contributed by atoms with Crippen LogP contribution in [0, 0.1) is 0 Å². The van der Waals surface area contributed by atoms with Gasteiger partial charge in [-0.25, -0.2) is 0 Å². The van der Waals surface area contributed by atoms with Crippen LogP contribution in [0.3, 0.4) is 0 Å². The third kappa shape index (κ3) is 61.3. The van der Waals surface area contributed by atoms with Crippen LogP contribution in [-0.4, -0.2) is 47.4 Å². The lowest BCUT2D eigenvalue weighted by Crippen LogP contribution is -2.45. The summed E-state index contributed by atoms with van der Waals surface area (Å²) >= 11 is 0. The van der Waals surface area contributed by atoms with Crippen molar-refractivity contribution < 1.29 is 24.5 Å². The van der Waals surface area contributed by atoms with E-state index in [1.165, 1.54) is 289 Å². The molecule has 2 unspecified atom stereocenters. The van der Waals surface area contributed by atoms with E-state index < -0.39 is 12.1 Å². The smallest absolute Gasteiger partial charge is 0.305 e. The van der Waals surface area contributed by atoms with Gasteiger partial charge in [-0.2, -0.15) is 0 Å². The second-order valence-corrected chi connectivity index (χ2v) is 23.5. The molecule has 3 N–H and O–H groups in total. The molecule has 0 spiro atoms. The number of nitrogens with one attached hydrogen (secondary N) is 1. The number of unbranched alkanes of at least 4 members (excludes halogenated alkanes) is 47. The molecule has 2 atom stereocenters. The number of carbonyl (C=O) groups excluding carboxylic acids is 2. The lowest BCUT2D eigenvalue weighted by molar-refractivity contribution is -0.143. The zero-order valence-electron chi connectivity index (χ0n) is 51.3. The van der Waals surface area contributed by atoms with Gasteiger partial charge in [0.25, 0.3) is 0 Å². The molecule has 0 aliphatic carbocycles. The van der Waals surface area contributed by atoms with Crippen molar-refractivity contribution in [2.24, 2.45) is 0 Å². The van der Waals surface area contributed by atoms with Crippen LogP contribution < -0.4 is 5.32 Å². The Hall–Kier alpha value is -1.92. The van der Waals surface area contributed by atoms with Crippen LogP contribution in [0.25, 0.3) is 0 Å². The third-order valence-electron chi connectivity index (χ3n) is 15.9. The van der Waals surface area contributed by atoms with Crippen LogP contribution in [-0.2, 0) is 14.3 Å². The Labute approximate surface area is 474 Å². The Morgan fingerprint density at radius 3 is 1.05 bits per heavy atom. The van der Waals surface area contributed by atoms with Crippen molar-refractivity contribution in [1.29, 1.82) is 0 Å². The summed E-state index contributed by atoms with van der Waals surface area (Å²) in [6, 6.07) is -0.541. The van der Waals surface area contributed by atoms with Crippen LogP contribution in [0.2, 0.25) is 0 Å². The molecule has 0 rings (SSSR count). The van der Waals surface area contributed by atoms with Gasteiger partial charge in [-0.15, -0.1) is 0 Å². The highest BCUT2D eigenvalue weighted by Gasteiger charge is 2.20. The molecule has 0 aromatic heterocycles. The number of aliphatic hydroxyl groups excluding tert-OH is 2. The first kappa shape index (κ1) is 74.1. The first-order valence-corrected chi connectivity index (χ1v) is 34.2. The highest BCUT2D eigenvalue weighted by molar-refractivity contribution is 5.76. The van der Waals surface area contributed by atoms with Crippen molar-refractivity contribution in [3.8, 4) is 0 Å². The van der Waals surface area contributed by atoms with E-state index in [0.29, 0.717) is 25.9 Å². The van der Waals surface area contributed by atoms with Crippen molar-refractivity contribution in [3.05, 3.63) is 36.5 Å². The van der Waals surface area contributed by atoms with E-state index in [1.807, 2.05) is 0 Å². The lowest BCUT2D eigenvalue weighted by Gasteiger charge is -2.22. The summed E-state index contributed by atoms with van der Waals surface area (Å²) in [5.74, 6) is -0.0292. The molecular weight excluding hydrogens is 935 g/mol. The Kier molecular flexibility index (Phi) is 63.9. The molecule has 0 aliphatic rings. The summed E-state index contributed by atoms with van der Waals surface area (Å²) in [7, 11) is 0. The van der Waals surface area contributed by atoms with Crippen LogP contribution in [0.15, 0.2) is 36.5 Å². The van der Waals surface area contributed by atoms with Gasteiger partial charge in [0, 0.05) is 12.8 Å². The van der Waals surface area contributed by atoms with Gasteiger partial charge in [0.05, 0.1) is 25.4 Å². The summed E-state index contributed by atoms with van der Waals surface area (Å²) in [4.78, 5) is 24.5. The zero-order valence-corrected chi connectivity index (χ0v) is 51.3. The summed E-state index contributed by atoms with van der Waals surface area (Å²) in [5.41, 5.74) is 0. The minimum atomic E-state index is -0.664. The van der Waals surface area contributed by atoms with Crippen molar-refractivity contribution in [1.82, 2.24) is 5.32 Å². The first-order chi connectivity index (χ1) is 37.5. The number of carbonyl (C=O) groups is 2. The second kappa shape index (κ2) is 65.6. The average Bonchev–Trinajstić information content (AvgIpc) is 3.42. The first-order valence-electron chi connectivity index (χ1n) is 34.2. The molecule has 0 aliphatic heterocycles. The topological polar surface area (TPSA) is 95.9 Å². The van der Waals surface area contributed by atoms with E-state index in [9.17, 15) is 19.8 Å². The molecule has 76 heavy (non-hydrogen) atoms. The minimum absolute atomic E-state index is 0.00222. The highest BCUT2D eigenvalue weighted by atomic mass is 16.5. The van der Waals surface area contributed by atoms with Gasteiger partial charge >= 0.3 is 5.97 Å². The fourth-order valence-corrected chi connectivity index (χ4v) is 10.7. The van der Waals surface area contributed by atoms with E-state index in [-0.39, 0.29) is 18.5 Å². The molecule has 0 aromatic rings. The highest BCUT2D eigenvalue weighted by Crippen LogP contribution is 2.18. The average molecular weight is 1070 g/mol. The molecule has 448 valence electrons. The quantitative estimate of drug-likeness (QED) is 0.0320. The number of hydrogen-bond donors (Lipinski definition) is 3. The van der Waals surface area contributed by atoms with E-state index in [1.54, 1.807) is 0 Å². The van der Waals surface area contributed by atoms with Crippen LogP contribution in [0.1, 0.15) is 373 Å². The normalized spacial score (nSPS) is 12.7. The second-order valence-electron chi connectivity index (χ2n) is 23.5. The molecule has 1 amide bonds. The Balaban J connectivity index is 3.40. The Morgan fingerprint density at radius 1 is 0.368 bits per heavy atom. The van der Waals surface area contributed by atoms with Crippen molar-refractivity contribution in [2.45, 2.75) is 386 Å². The summed E-state index contributed by atoms with van der Waals surface area (Å²) in [6.45, 7) is 4.94. The van der Waals surface area contributed by atoms with Crippen LogP contribution >= 0.6 is 0 Å². The summed E-state index contributed by atoms with van der Waals surface area (Å²) in [5, 5.41) is 23.4. The fraction of sp³-hybridized carbons (Fsp3) is 0.886. The summed E-state index contributed by atoms with van der Waals surface area (Å²) in [6.07, 6.45) is 83.3. The maximum absolute atomic E-state index is 12.5. The predicted molar refractivity (Wildman–Crippen MR) is 333 cm³/mol. The van der Waals surface area contributed by atoms with Crippen LogP contribution in [0.5, 0.6) is 0 Å². The number of rotatable bonds is 64. The number of aliphatic hydroxyl groups is 2. The van der Waals surface area contributed by atoms with Crippen molar-refractivity contribution in [2.75, 3.05) is 13.2 Å². The molecule has 0 saturated carbocycles. The van der Waals surface area contributed by atoms with Gasteiger partial charge in [-0.05, 0) is 77.0 Å². The molecular formula is C70H133NO5. The minimum Gasteiger partial charge on any atom is -0.466 e. The molecule has 0 fully saturated rings. The van der Waals surface area contributed by atoms with E-state index in [4.69, 9.17) is 4.74 Å². The number of esters is 1. The molecule has 0 saturated heterocycles. The molecule has 0 radical (unpaired) electrons. The van der Waals surface area contributed by atoms with Crippen molar-refractivity contribution in [3.63, 3.8) is 0 Å². The maximum Gasteiger partial charge on any atom is 0.305 e. The molecule has 0 bridgehead atoms. The zero-order chi connectivity index (χ0) is 55.0. The maximum atomic E-state index is 12.5. The summed E-state index contributed by atoms with van der Waals surface area (Å²) < 4.78 is 5.46. The lowest BCUT2D eigenvalue weighted by atomic mass is 10.0. The van der Waals surface area contributed by atoms with Gasteiger partial charge in [0.2, 0.25) is 5.91 Å². The van der Waals surface area contributed by atoms with Gasteiger partial charge in [-0.3, -0.25) is 9.59 Å². The van der Waals surface area contributed by atoms with Gasteiger partial charge in [0.15, 0.2) is 0 Å². The van der Waals surface area contributed by atoms with E-state index in [2.05, 4.69) is 55.6 Å². The SMILES string of the molecule is CCCC/C=C\CCCCCCCC(=O)OCCCCCCCCCCC/C=C\C/C=C\CCCCCCCCCCCCCCCCCC(=O)NC(CO)C(O)CCCCCCCCCCCCCCCCCCC. The molecule has 6 heteroatoms. The Bertz CT molecular complexity index is 1230. The largest absolute Gasteiger partial charge is 0.466 e. The number of hydrogen-bond acceptors (Lipinski definition) is 5. The van der Waals surface area contributed by atoms with E-state index >= 15 is 0 Å². The third-order valence-corrected chi connectivity index (χ3v) is 15.9. The van der Waals surface area contributed by atoms with E-state index in [0.717, 1.165) is 51.4 Å².